The Kier molecular flexibility index (Phi) is 4.45. The summed E-state index contributed by atoms with van der Waals surface area (Å²) < 4.78 is 1.13. The van der Waals surface area contributed by atoms with Crippen LogP contribution in [0.3, 0.4) is 0 Å². The summed E-state index contributed by atoms with van der Waals surface area (Å²) in [7, 11) is 0. The molecule has 0 aliphatic rings. The molecule has 2 aromatic rings. The number of benzene rings is 1. The molecule has 1 heterocycles. The number of carboxylic acid groups (broad SMARTS) is 1. The summed E-state index contributed by atoms with van der Waals surface area (Å²) in [4.78, 5) is 39.4. The fraction of sp³-hybridized carbons (Fsp3) is 0.143. The number of amides is 1. The fourth-order valence-electron chi connectivity index (χ4n) is 1.81. The molecule has 1 aromatic heterocycles. The molecule has 0 unspecified atom stereocenters. The van der Waals surface area contributed by atoms with Crippen LogP contribution in [0, 0.1) is 0 Å². The van der Waals surface area contributed by atoms with Crippen LogP contribution in [0.4, 0.5) is 5.69 Å². The number of rotatable bonds is 5. The molecule has 1 amide bonds. The first-order valence-corrected chi connectivity index (χ1v) is 6.16. The number of anilines is 1. The predicted molar refractivity (Wildman–Crippen MR) is 74.9 cm³/mol. The highest BCUT2D eigenvalue weighted by molar-refractivity contribution is 5.97. The maximum Gasteiger partial charge on any atom is 0.347 e. The number of para-hydroxylation sites is 1. The zero-order valence-electron chi connectivity index (χ0n) is 11.0. The molecule has 0 radical (unpaired) electrons. The van der Waals surface area contributed by atoms with Gasteiger partial charge in [0, 0.05) is 18.1 Å². The molecule has 0 aliphatic carbocycles. The molecule has 0 bridgehead atoms. The number of carboxylic acids is 1. The van der Waals surface area contributed by atoms with Gasteiger partial charge < -0.3 is 5.11 Å². The lowest BCUT2D eigenvalue weighted by atomic mass is 10.2. The largest absolute Gasteiger partial charge is 0.480 e. The van der Waals surface area contributed by atoms with Crippen molar-refractivity contribution >= 4 is 17.6 Å². The van der Waals surface area contributed by atoms with Gasteiger partial charge in [-0.1, -0.05) is 18.2 Å². The van der Waals surface area contributed by atoms with Gasteiger partial charge in [0.1, 0.15) is 13.1 Å². The van der Waals surface area contributed by atoms with Gasteiger partial charge in [0.2, 0.25) is 5.91 Å². The van der Waals surface area contributed by atoms with E-state index >= 15 is 0 Å². The third-order valence-electron chi connectivity index (χ3n) is 2.75. The Morgan fingerprint density at radius 3 is 2.52 bits per heavy atom. The Bertz CT molecular complexity index is 697. The van der Waals surface area contributed by atoms with E-state index in [1.165, 1.54) is 18.5 Å². The highest BCUT2D eigenvalue weighted by Gasteiger charge is 2.19. The SMILES string of the molecule is O=C(O)CN(C(=O)Cn1cccnc1=O)c1ccccc1. The van der Waals surface area contributed by atoms with Crippen LogP contribution in [0.2, 0.25) is 0 Å². The molecule has 0 aliphatic heterocycles. The quantitative estimate of drug-likeness (QED) is 0.857. The maximum absolute atomic E-state index is 12.3. The van der Waals surface area contributed by atoms with E-state index in [2.05, 4.69) is 4.98 Å². The lowest BCUT2D eigenvalue weighted by Crippen LogP contribution is -2.40. The van der Waals surface area contributed by atoms with Crippen molar-refractivity contribution in [3.05, 3.63) is 59.3 Å². The van der Waals surface area contributed by atoms with E-state index in [0.29, 0.717) is 5.69 Å². The van der Waals surface area contributed by atoms with Gasteiger partial charge in [-0.25, -0.2) is 9.78 Å². The Labute approximate surface area is 120 Å². The molecule has 1 aromatic carbocycles. The molecule has 1 N–H and O–H groups in total. The lowest BCUT2D eigenvalue weighted by Gasteiger charge is -2.21. The summed E-state index contributed by atoms with van der Waals surface area (Å²) in [5.41, 5.74) is -0.101. The summed E-state index contributed by atoms with van der Waals surface area (Å²) in [5.74, 6) is -1.63. The monoisotopic (exact) mass is 287 g/mol. The predicted octanol–water partition coefficient (Wildman–Crippen LogP) is 0.361. The van der Waals surface area contributed by atoms with Gasteiger partial charge in [0.25, 0.3) is 0 Å². The first kappa shape index (κ1) is 14.4. The standard InChI is InChI=1S/C14H13N3O4/c18-12(9-16-8-4-7-15-14(16)21)17(10-13(19)20)11-5-2-1-3-6-11/h1-8H,9-10H2,(H,19,20). The van der Waals surface area contributed by atoms with Crippen molar-refractivity contribution in [2.45, 2.75) is 6.54 Å². The molecule has 0 saturated heterocycles. The summed E-state index contributed by atoms with van der Waals surface area (Å²) in [6.45, 7) is -0.743. The summed E-state index contributed by atoms with van der Waals surface area (Å²) in [6.07, 6.45) is 2.76. The summed E-state index contributed by atoms with van der Waals surface area (Å²) >= 11 is 0. The Hall–Kier alpha value is -2.96. The molecule has 7 heteroatoms. The highest BCUT2D eigenvalue weighted by Crippen LogP contribution is 2.13. The third kappa shape index (κ3) is 3.75. The second-order valence-electron chi connectivity index (χ2n) is 4.24. The molecule has 0 atom stereocenters. The summed E-state index contributed by atoms with van der Waals surface area (Å²) in [6, 6.07) is 9.96. The second-order valence-corrected chi connectivity index (χ2v) is 4.24. The van der Waals surface area contributed by atoms with Crippen LogP contribution >= 0.6 is 0 Å². The number of hydrogen-bond donors (Lipinski definition) is 1. The van der Waals surface area contributed by atoms with Gasteiger partial charge >= 0.3 is 11.7 Å². The number of nitrogens with zero attached hydrogens (tertiary/aromatic N) is 3. The van der Waals surface area contributed by atoms with E-state index in [1.807, 2.05) is 0 Å². The van der Waals surface area contributed by atoms with Crippen molar-refractivity contribution in [2.75, 3.05) is 11.4 Å². The first-order valence-electron chi connectivity index (χ1n) is 6.16. The Morgan fingerprint density at radius 1 is 1.19 bits per heavy atom. The number of hydrogen-bond acceptors (Lipinski definition) is 4. The first-order chi connectivity index (χ1) is 10.1. The Balaban J connectivity index is 2.25. The van der Waals surface area contributed by atoms with Gasteiger partial charge in [-0.3, -0.25) is 19.1 Å². The van der Waals surface area contributed by atoms with Gasteiger partial charge in [-0.2, -0.15) is 0 Å². The molecule has 0 saturated carbocycles. The molecule has 21 heavy (non-hydrogen) atoms. The van der Waals surface area contributed by atoms with E-state index in [4.69, 9.17) is 5.11 Å². The Morgan fingerprint density at radius 2 is 1.90 bits per heavy atom. The second kappa shape index (κ2) is 6.47. The lowest BCUT2D eigenvalue weighted by molar-refractivity contribution is -0.136. The molecule has 7 nitrogen and oxygen atoms in total. The zero-order chi connectivity index (χ0) is 15.2. The van der Waals surface area contributed by atoms with Crippen LogP contribution in [0.5, 0.6) is 0 Å². The molecular formula is C14H13N3O4. The van der Waals surface area contributed by atoms with Crippen molar-refractivity contribution in [2.24, 2.45) is 0 Å². The van der Waals surface area contributed by atoms with Crippen molar-refractivity contribution in [1.82, 2.24) is 9.55 Å². The van der Waals surface area contributed by atoms with Crippen LogP contribution in [0.1, 0.15) is 0 Å². The van der Waals surface area contributed by atoms with Crippen LogP contribution in [0.15, 0.2) is 53.6 Å². The minimum Gasteiger partial charge on any atom is -0.480 e. The van der Waals surface area contributed by atoms with Gasteiger partial charge in [0.15, 0.2) is 0 Å². The van der Waals surface area contributed by atoms with Gasteiger partial charge in [-0.15, -0.1) is 0 Å². The van der Waals surface area contributed by atoms with Gasteiger partial charge in [-0.05, 0) is 18.2 Å². The number of carbonyl (C=O) groups excluding carboxylic acids is 1. The normalized spacial score (nSPS) is 10.1. The average Bonchev–Trinajstić information content (AvgIpc) is 2.48. The maximum atomic E-state index is 12.3. The van der Waals surface area contributed by atoms with Crippen LogP contribution in [-0.4, -0.2) is 33.1 Å². The number of aliphatic carboxylic acids is 1. The third-order valence-corrected chi connectivity index (χ3v) is 2.75. The van der Waals surface area contributed by atoms with Gasteiger partial charge in [0.05, 0.1) is 0 Å². The molecule has 0 spiro atoms. The van der Waals surface area contributed by atoms with Crippen LogP contribution < -0.4 is 10.6 Å². The molecule has 2 rings (SSSR count). The highest BCUT2D eigenvalue weighted by atomic mass is 16.4. The smallest absolute Gasteiger partial charge is 0.347 e. The zero-order valence-corrected chi connectivity index (χ0v) is 11.0. The topological polar surface area (TPSA) is 92.5 Å². The van der Waals surface area contributed by atoms with Crippen molar-refractivity contribution in [3.63, 3.8) is 0 Å². The number of aromatic nitrogens is 2. The van der Waals surface area contributed by atoms with E-state index in [9.17, 15) is 14.4 Å². The van der Waals surface area contributed by atoms with Crippen molar-refractivity contribution < 1.29 is 14.7 Å². The number of carbonyl (C=O) groups is 2. The van der Waals surface area contributed by atoms with Crippen LogP contribution in [-0.2, 0) is 16.1 Å². The average molecular weight is 287 g/mol. The summed E-state index contributed by atoms with van der Waals surface area (Å²) in [5, 5.41) is 8.94. The molecule has 108 valence electrons. The van der Waals surface area contributed by atoms with E-state index in [1.54, 1.807) is 30.3 Å². The van der Waals surface area contributed by atoms with E-state index in [0.717, 1.165) is 9.47 Å². The molecular weight excluding hydrogens is 274 g/mol. The van der Waals surface area contributed by atoms with E-state index < -0.39 is 24.1 Å². The van der Waals surface area contributed by atoms with E-state index in [-0.39, 0.29) is 6.54 Å². The van der Waals surface area contributed by atoms with Crippen molar-refractivity contribution in [3.8, 4) is 0 Å². The van der Waals surface area contributed by atoms with Crippen molar-refractivity contribution in [1.29, 1.82) is 0 Å². The fourth-order valence-corrected chi connectivity index (χ4v) is 1.81. The molecule has 0 fully saturated rings. The minimum absolute atomic E-state index is 0.269. The van der Waals surface area contributed by atoms with Crippen LogP contribution in [0.25, 0.3) is 0 Å². The minimum atomic E-state index is -1.13.